The first-order valence-corrected chi connectivity index (χ1v) is 4.86. The van der Waals surface area contributed by atoms with Crippen LogP contribution in [0.4, 0.5) is 0 Å². The van der Waals surface area contributed by atoms with Crippen molar-refractivity contribution in [2.24, 2.45) is 0 Å². The van der Waals surface area contributed by atoms with Gasteiger partial charge < -0.3 is 0 Å². The normalized spacial score (nSPS) is 10.1. The molecule has 3 nitrogen and oxygen atoms in total. The lowest BCUT2D eigenvalue weighted by Crippen LogP contribution is -2.00. The highest BCUT2D eigenvalue weighted by molar-refractivity contribution is 9.10. The Balaban J connectivity index is 2.57. The Morgan fingerprint density at radius 2 is 2.00 bits per heavy atom. The van der Waals surface area contributed by atoms with E-state index < -0.39 is 0 Å². The molecular formula is C10H7BrN2O. The number of nitrogens with zero attached hydrogens (tertiary/aromatic N) is 2. The molecule has 1 aromatic carbocycles. The first kappa shape index (κ1) is 9.15. The first-order valence-electron chi connectivity index (χ1n) is 4.07. The molecule has 1 heterocycles. The third kappa shape index (κ3) is 1.48. The van der Waals surface area contributed by atoms with E-state index in [1.807, 2.05) is 30.3 Å². The smallest absolute Gasteiger partial charge is 0.169 e. The molecule has 1 aromatic heterocycles. The zero-order valence-corrected chi connectivity index (χ0v) is 8.81. The molecular weight excluding hydrogens is 244 g/mol. The molecule has 0 radical (unpaired) electrons. The number of aromatic nitrogens is 2. The predicted octanol–water partition coefficient (Wildman–Crippen LogP) is 2.45. The van der Waals surface area contributed by atoms with Gasteiger partial charge in [-0.1, -0.05) is 18.2 Å². The molecule has 0 aliphatic heterocycles. The molecule has 0 fully saturated rings. The van der Waals surface area contributed by atoms with E-state index in [4.69, 9.17) is 0 Å². The fourth-order valence-electron chi connectivity index (χ4n) is 1.22. The van der Waals surface area contributed by atoms with Gasteiger partial charge in [-0.2, -0.15) is 5.10 Å². The van der Waals surface area contributed by atoms with Crippen molar-refractivity contribution in [2.45, 2.75) is 0 Å². The van der Waals surface area contributed by atoms with Gasteiger partial charge in [-0.25, -0.2) is 4.68 Å². The maximum Gasteiger partial charge on any atom is 0.169 e. The summed E-state index contributed by atoms with van der Waals surface area (Å²) in [6.07, 6.45) is 2.39. The third-order valence-corrected chi connectivity index (χ3v) is 2.48. The van der Waals surface area contributed by atoms with Crippen LogP contribution in [0.1, 0.15) is 10.5 Å². The topological polar surface area (TPSA) is 34.9 Å². The first-order chi connectivity index (χ1) is 6.83. The van der Waals surface area contributed by atoms with E-state index in [1.165, 1.54) is 0 Å². The molecule has 0 aliphatic carbocycles. The predicted molar refractivity (Wildman–Crippen MR) is 56.7 cm³/mol. The summed E-state index contributed by atoms with van der Waals surface area (Å²) >= 11 is 3.26. The van der Waals surface area contributed by atoms with Gasteiger partial charge >= 0.3 is 0 Å². The summed E-state index contributed by atoms with van der Waals surface area (Å²) in [5.41, 5.74) is 1.40. The summed E-state index contributed by atoms with van der Waals surface area (Å²) in [7, 11) is 0. The van der Waals surface area contributed by atoms with Crippen molar-refractivity contribution < 1.29 is 4.79 Å². The summed E-state index contributed by atoms with van der Waals surface area (Å²) in [5.74, 6) is 0. The molecule has 70 valence electrons. The maximum absolute atomic E-state index is 10.8. The minimum absolute atomic E-state index is 0.524. The molecule has 4 heteroatoms. The number of halogens is 1. The van der Waals surface area contributed by atoms with Crippen molar-refractivity contribution in [1.29, 1.82) is 0 Å². The Morgan fingerprint density at radius 3 is 2.64 bits per heavy atom. The number of carbonyl (C=O) groups is 1. The van der Waals surface area contributed by atoms with Crippen LogP contribution in [0.3, 0.4) is 0 Å². The minimum atomic E-state index is 0.524. The van der Waals surface area contributed by atoms with Gasteiger partial charge in [0.25, 0.3) is 0 Å². The lowest BCUT2D eigenvalue weighted by Gasteiger charge is -2.01. The van der Waals surface area contributed by atoms with E-state index in [-0.39, 0.29) is 0 Å². The molecule has 0 amide bonds. The van der Waals surface area contributed by atoms with Gasteiger partial charge in [0.05, 0.1) is 16.4 Å². The van der Waals surface area contributed by atoms with Gasteiger partial charge in [-0.15, -0.1) is 0 Å². The monoisotopic (exact) mass is 250 g/mol. The minimum Gasteiger partial charge on any atom is -0.296 e. The van der Waals surface area contributed by atoms with Crippen LogP contribution in [0.5, 0.6) is 0 Å². The number of benzene rings is 1. The Kier molecular flexibility index (Phi) is 2.45. The number of aldehydes is 1. The van der Waals surface area contributed by atoms with E-state index >= 15 is 0 Å². The SMILES string of the molecule is O=Cc1c(Br)cnn1-c1ccccc1. The van der Waals surface area contributed by atoms with Crippen LogP contribution in [0.25, 0.3) is 5.69 Å². The van der Waals surface area contributed by atoms with Gasteiger partial charge in [0.1, 0.15) is 5.69 Å². The quantitative estimate of drug-likeness (QED) is 0.768. The average Bonchev–Trinajstić information content (AvgIpc) is 2.61. The summed E-state index contributed by atoms with van der Waals surface area (Å²) in [4.78, 5) is 10.8. The number of carbonyl (C=O) groups excluding carboxylic acids is 1. The van der Waals surface area contributed by atoms with E-state index in [1.54, 1.807) is 10.9 Å². The van der Waals surface area contributed by atoms with Crippen LogP contribution in [0.15, 0.2) is 41.0 Å². The molecule has 14 heavy (non-hydrogen) atoms. The van der Waals surface area contributed by atoms with Crippen molar-refractivity contribution in [2.75, 3.05) is 0 Å². The zero-order chi connectivity index (χ0) is 9.97. The molecule has 0 saturated carbocycles. The third-order valence-electron chi connectivity index (χ3n) is 1.87. The Morgan fingerprint density at radius 1 is 1.29 bits per heavy atom. The Bertz CT molecular complexity index is 450. The fraction of sp³-hybridized carbons (Fsp3) is 0. The van der Waals surface area contributed by atoms with Crippen molar-refractivity contribution in [3.63, 3.8) is 0 Å². The van der Waals surface area contributed by atoms with Gasteiger partial charge in [0.2, 0.25) is 0 Å². The Hall–Kier alpha value is -1.42. The second-order valence-electron chi connectivity index (χ2n) is 2.74. The van der Waals surface area contributed by atoms with Crippen LogP contribution in [0.2, 0.25) is 0 Å². The van der Waals surface area contributed by atoms with Crippen molar-refractivity contribution in [1.82, 2.24) is 9.78 Å². The van der Waals surface area contributed by atoms with Crippen LogP contribution >= 0.6 is 15.9 Å². The number of hydrogen-bond acceptors (Lipinski definition) is 2. The molecule has 0 bridgehead atoms. The van der Waals surface area contributed by atoms with Crippen LogP contribution in [-0.2, 0) is 0 Å². The Labute approximate surface area is 89.5 Å². The molecule has 0 saturated heterocycles. The van der Waals surface area contributed by atoms with E-state index in [0.29, 0.717) is 10.2 Å². The standard InChI is InChI=1S/C10H7BrN2O/c11-9-6-12-13(10(9)7-14)8-4-2-1-3-5-8/h1-7H. The van der Waals surface area contributed by atoms with Crippen LogP contribution in [-0.4, -0.2) is 16.1 Å². The lowest BCUT2D eigenvalue weighted by atomic mass is 10.3. The molecule has 2 rings (SSSR count). The largest absolute Gasteiger partial charge is 0.296 e. The fourth-order valence-corrected chi connectivity index (χ4v) is 1.57. The van der Waals surface area contributed by atoms with Crippen LogP contribution in [0, 0.1) is 0 Å². The van der Waals surface area contributed by atoms with E-state index in [0.717, 1.165) is 12.0 Å². The van der Waals surface area contributed by atoms with Crippen molar-refractivity contribution >= 4 is 22.2 Å². The highest BCUT2D eigenvalue weighted by Gasteiger charge is 2.08. The number of para-hydroxylation sites is 1. The zero-order valence-electron chi connectivity index (χ0n) is 7.22. The summed E-state index contributed by atoms with van der Waals surface area (Å²) in [6.45, 7) is 0. The van der Waals surface area contributed by atoms with Crippen LogP contribution < -0.4 is 0 Å². The van der Waals surface area contributed by atoms with Gasteiger partial charge in [0, 0.05) is 0 Å². The average molecular weight is 251 g/mol. The number of rotatable bonds is 2. The second-order valence-corrected chi connectivity index (χ2v) is 3.60. The highest BCUT2D eigenvalue weighted by Crippen LogP contribution is 2.17. The van der Waals surface area contributed by atoms with Gasteiger partial charge in [-0.3, -0.25) is 4.79 Å². The maximum atomic E-state index is 10.8. The molecule has 0 N–H and O–H groups in total. The molecule has 0 aliphatic rings. The van der Waals surface area contributed by atoms with E-state index in [2.05, 4.69) is 21.0 Å². The lowest BCUT2D eigenvalue weighted by molar-refractivity contribution is 0.111. The summed E-state index contributed by atoms with van der Waals surface area (Å²) in [6, 6.07) is 9.51. The highest BCUT2D eigenvalue weighted by atomic mass is 79.9. The summed E-state index contributed by atoms with van der Waals surface area (Å²) in [5, 5.41) is 4.10. The summed E-state index contributed by atoms with van der Waals surface area (Å²) < 4.78 is 2.30. The van der Waals surface area contributed by atoms with E-state index in [9.17, 15) is 4.79 Å². The van der Waals surface area contributed by atoms with Gasteiger partial charge in [-0.05, 0) is 28.1 Å². The molecule has 0 atom stereocenters. The second kappa shape index (κ2) is 3.75. The van der Waals surface area contributed by atoms with Crippen molar-refractivity contribution in [3.05, 3.63) is 46.7 Å². The molecule has 2 aromatic rings. The number of hydrogen-bond donors (Lipinski definition) is 0. The van der Waals surface area contributed by atoms with Crippen molar-refractivity contribution in [3.8, 4) is 5.69 Å². The molecule has 0 unspecified atom stereocenters. The molecule has 0 spiro atoms. The van der Waals surface area contributed by atoms with Gasteiger partial charge in [0.15, 0.2) is 6.29 Å².